The number of guanidine groups is 1. The van der Waals surface area contributed by atoms with Crippen molar-refractivity contribution in [2.24, 2.45) is 16.3 Å². The lowest BCUT2D eigenvalue weighted by Gasteiger charge is -2.43. The number of aromatic nitrogens is 1. The van der Waals surface area contributed by atoms with Gasteiger partial charge in [-0.2, -0.15) is 0 Å². The first-order valence-electron chi connectivity index (χ1n) is 10.1. The van der Waals surface area contributed by atoms with E-state index in [1.54, 1.807) is 6.07 Å². The molecule has 1 aliphatic rings. The third-order valence-corrected chi connectivity index (χ3v) is 5.48. The Morgan fingerprint density at radius 1 is 1.26 bits per heavy atom. The van der Waals surface area contributed by atoms with Crippen LogP contribution in [0.3, 0.4) is 0 Å². The number of nitrogens with one attached hydrogen (secondary N) is 2. The van der Waals surface area contributed by atoms with Crippen LogP contribution < -0.4 is 16.2 Å². The molecule has 1 aromatic rings. The zero-order chi connectivity index (χ0) is 19.0. The lowest BCUT2D eigenvalue weighted by Crippen LogP contribution is -2.47. The van der Waals surface area contributed by atoms with E-state index >= 15 is 0 Å². The normalized spacial score (nSPS) is 15.8. The predicted molar refractivity (Wildman–Crippen MR) is 125 cm³/mol. The molecule has 154 valence electrons. The molecule has 0 aromatic carbocycles. The summed E-state index contributed by atoms with van der Waals surface area (Å²) in [6, 6.07) is 5.43. The van der Waals surface area contributed by atoms with Crippen LogP contribution in [0, 0.1) is 18.3 Å². The smallest absolute Gasteiger partial charge is 0.250 e. The highest BCUT2D eigenvalue weighted by atomic mass is 127. The zero-order valence-corrected chi connectivity index (χ0v) is 19.7. The molecule has 0 unspecified atom stereocenters. The Kier molecular flexibility index (Phi) is 10.4. The van der Waals surface area contributed by atoms with Crippen LogP contribution in [0.15, 0.2) is 28.0 Å². The highest BCUT2D eigenvalue weighted by Crippen LogP contribution is 2.45. The van der Waals surface area contributed by atoms with E-state index in [1.807, 2.05) is 30.7 Å². The maximum atomic E-state index is 11.9. The molecule has 6 heteroatoms. The molecule has 1 saturated carbocycles. The molecule has 2 rings (SSSR count). The average Bonchev–Trinajstić information content (AvgIpc) is 2.56. The standard InChI is InChI=1S/C21H36N4O.HI/c1-17(2)15-21(11-8-12-21)16-24-20(22-4)23-13-5-6-14-25-18(3)9-7-10-19(25)26;/h7,9-10,17H,5-6,8,11-16H2,1-4H3,(H2,22,23,24);1H. The number of hydrogen-bond acceptors (Lipinski definition) is 2. The van der Waals surface area contributed by atoms with E-state index in [2.05, 4.69) is 29.5 Å². The lowest BCUT2D eigenvalue weighted by molar-refractivity contribution is 0.104. The van der Waals surface area contributed by atoms with Crippen molar-refractivity contribution in [3.05, 3.63) is 34.2 Å². The Labute approximate surface area is 181 Å². The predicted octanol–water partition coefficient (Wildman–Crippen LogP) is 3.94. The van der Waals surface area contributed by atoms with E-state index in [-0.39, 0.29) is 29.5 Å². The first kappa shape index (κ1) is 24.0. The highest BCUT2D eigenvalue weighted by Gasteiger charge is 2.37. The molecule has 5 nitrogen and oxygen atoms in total. The zero-order valence-electron chi connectivity index (χ0n) is 17.4. The quantitative estimate of drug-likeness (QED) is 0.240. The summed E-state index contributed by atoms with van der Waals surface area (Å²) in [6.45, 7) is 9.27. The van der Waals surface area contributed by atoms with Crippen molar-refractivity contribution < 1.29 is 0 Å². The van der Waals surface area contributed by atoms with Gasteiger partial charge in [-0.3, -0.25) is 9.79 Å². The van der Waals surface area contributed by atoms with Gasteiger partial charge in [0.2, 0.25) is 0 Å². The monoisotopic (exact) mass is 488 g/mol. The molecule has 0 saturated heterocycles. The van der Waals surface area contributed by atoms with Crippen molar-refractivity contribution in [2.75, 3.05) is 20.1 Å². The molecule has 1 aliphatic carbocycles. The van der Waals surface area contributed by atoms with Gasteiger partial charge in [-0.25, -0.2) is 0 Å². The van der Waals surface area contributed by atoms with Crippen LogP contribution in [0.5, 0.6) is 0 Å². The van der Waals surface area contributed by atoms with Crippen molar-refractivity contribution in [3.8, 4) is 0 Å². The summed E-state index contributed by atoms with van der Waals surface area (Å²) in [7, 11) is 1.83. The maximum Gasteiger partial charge on any atom is 0.250 e. The van der Waals surface area contributed by atoms with Crippen LogP contribution in [0.2, 0.25) is 0 Å². The summed E-state index contributed by atoms with van der Waals surface area (Å²) in [6.07, 6.45) is 7.31. The van der Waals surface area contributed by atoms with Crippen LogP contribution in [0.1, 0.15) is 58.1 Å². The number of nitrogens with zero attached hydrogens (tertiary/aromatic N) is 2. The molecule has 0 atom stereocenters. The molecule has 27 heavy (non-hydrogen) atoms. The van der Waals surface area contributed by atoms with E-state index in [4.69, 9.17) is 0 Å². The first-order valence-corrected chi connectivity index (χ1v) is 10.1. The van der Waals surface area contributed by atoms with Crippen molar-refractivity contribution in [2.45, 2.75) is 65.8 Å². The van der Waals surface area contributed by atoms with Gasteiger partial charge in [-0.05, 0) is 56.4 Å². The van der Waals surface area contributed by atoms with Crippen molar-refractivity contribution in [1.29, 1.82) is 0 Å². The van der Waals surface area contributed by atoms with Crippen LogP contribution in [-0.2, 0) is 6.54 Å². The minimum absolute atomic E-state index is 0. The van der Waals surface area contributed by atoms with E-state index < -0.39 is 0 Å². The third-order valence-electron chi connectivity index (χ3n) is 5.48. The van der Waals surface area contributed by atoms with Crippen LogP contribution >= 0.6 is 24.0 Å². The fourth-order valence-electron chi connectivity index (χ4n) is 4.00. The fraction of sp³-hybridized carbons (Fsp3) is 0.714. The van der Waals surface area contributed by atoms with Crippen LogP contribution in [0.25, 0.3) is 0 Å². The van der Waals surface area contributed by atoms with Gasteiger partial charge in [0.05, 0.1) is 0 Å². The second-order valence-electron chi connectivity index (χ2n) is 8.17. The number of unbranched alkanes of at least 4 members (excludes halogenated alkanes) is 1. The van der Waals surface area contributed by atoms with Gasteiger partial charge in [0.15, 0.2) is 5.96 Å². The van der Waals surface area contributed by atoms with Crippen LogP contribution in [0.4, 0.5) is 0 Å². The first-order chi connectivity index (χ1) is 12.5. The van der Waals surface area contributed by atoms with E-state index in [1.165, 1.54) is 25.7 Å². The highest BCUT2D eigenvalue weighted by molar-refractivity contribution is 14.0. The molecular weight excluding hydrogens is 451 g/mol. The molecule has 0 radical (unpaired) electrons. The minimum Gasteiger partial charge on any atom is -0.356 e. The van der Waals surface area contributed by atoms with E-state index in [0.717, 1.165) is 50.0 Å². The largest absolute Gasteiger partial charge is 0.356 e. The molecule has 0 amide bonds. The summed E-state index contributed by atoms with van der Waals surface area (Å²) >= 11 is 0. The van der Waals surface area contributed by atoms with Gasteiger partial charge in [0, 0.05) is 38.4 Å². The average molecular weight is 488 g/mol. The summed E-state index contributed by atoms with van der Waals surface area (Å²) in [5.41, 5.74) is 1.59. The Morgan fingerprint density at radius 2 is 2.00 bits per heavy atom. The molecule has 2 N–H and O–H groups in total. The summed E-state index contributed by atoms with van der Waals surface area (Å²) in [5, 5.41) is 6.94. The molecule has 0 aliphatic heterocycles. The van der Waals surface area contributed by atoms with Gasteiger partial charge in [0.1, 0.15) is 0 Å². The van der Waals surface area contributed by atoms with Gasteiger partial charge in [-0.15, -0.1) is 24.0 Å². The van der Waals surface area contributed by atoms with Crippen molar-refractivity contribution >= 4 is 29.9 Å². The van der Waals surface area contributed by atoms with Gasteiger partial charge in [-0.1, -0.05) is 26.3 Å². The maximum absolute atomic E-state index is 11.9. The molecular formula is C21H37IN4O. The number of rotatable bonds is 9. The lowest BCUT2D eigenvalue weighted by atomic mass is 9.64. The second-order valence-corrected chi connectivity index (χ2v) is 8.17. The summed E-state index contributed by atoms with van der Waals surface area (Å²) < 4.78 is 1.85. The second kappa shape index (κ2) is 11.7. The van der Waals surface area contributed by atoms with Crippen molar-refractivity contribution in [3.63, 3.8) is 0 Å². The number of halogens is 1. The number of hydrogen-bond donors (Lipinski definition) is 2. The summed E-state index contributed by atoms with van der Waals surface area (Å²) in [5.74, 6) is 1.64. The van der Waals surface area contributed by atoms with Gasteiger partial charge in [0.25, 0.3) is 5.56 Å². The Balaban J connectivity index is 0.00000364. The summed E-state index contributed by atoms with van der Waals surface area (Å²) in [4.78, 5) is 16.2. The van der Waals surface area contributed by atoms with E-state index in [9.17, 15) is 4.79 Å². The molecule has 1 fully saturated rings. The molecule has 1 aromatic heterocycles. The fourth-order valence-corrected chi connectivity index (χ4v) is 4.00. The topological polar surface area (TPSA) is 58.4 Å². The Bertz CT molecular complexity index is 650. The van der Waals surface area contributed by atoms with Crippen LogP contribution in [-0.4, -0.2) is 30.7 Å². The Morgan fingerprint density at radius 3 is 2.56 bits per heavy atom. The van der Waals surface area contributed by atoms with Gasteiger partial charge >= 0.3 is 0 Å². The SMILES string of the molecule is CN=C(NCCCCn1c(C)cccc1=O)NCC1(CC(C)C)CCC1.I. The Hall–Kier alpha value is -1.05. The molecule has 0 spiro atoms. The van der Waals surface area contributed by atoms with Gasteiger partial charge < -0.3 is 15.2 Å². The number of pyridine rings is 1. The van der Waals surface area contributed by atoms with Crippen molar-refractivity contribution in [1.82, 2.24) is 15.2 Å². The minimum atomic E-state index is 0. The number of aliphatic imine (C=N–C) groups is 1. The number of aryl methyl sites for hydroxylation is 1. The molecule has 0 bridgehead atoms. The molecule has 1 heterocycles. The third kappa shape index (κ3) is 7.47. The van der Waals surface area contributed by atoms with E-state index in [0.29, 0.717) is 5.41 Å².